The topological polar surface area (TPSA) is 78.3 Å². The molecule has 0 fully saturated rings. The molecule has 1 amide bonds. The van der Waals surface area contributed by atoms with Crippen LogP contribution in [0, 0.1) is 0 Å². The van der Waals surface area contributed by atoms with Gasteiger partial charge in [0, 0.05) is 12.1 Å². The zero-order valence-corrected chi connectivity index (χ0v) is 18.5. The van der Waals surface area contributed by atoms with Crippen molar-refractivity contribution in [3.05, 3.63) is 64.4 Å². The third kappa shape index (κ3) is 6.55. The van der Waals surface area contributed by atoms with Crippen LogP contribution >= 0.6 is 35.0 Å². The number of thioether (sulfide) groups is 1. The highest BCUT2D eigenvalue weighted by Crippen LogP contribution is 2.24. The number of carbonyl (C=O) groups excluding carboxylic acids is 1. The Morgan fingerprint density at radius 2 is 1.87 bits per heavy atom. The molecule has 0 spiro atoms. The maximum absolute atomic E-state index is 12.0. The molecular formula is C20H20Cl2N4O3S. The molecule has 7 nitrogen and oxygen atoms in total. The number of benzene rings is 2. The fourth-order valence-electron chi connectivity index (χ4n) is 2.37. The van der Waals surface area contributed by atoms with E-state index < -0.39 is 0 Å². The van der Waals surface area contributed by atoms with E-state index in [-0.39, 0.29) is 18.3 Å². The average Bonchev–Trinajstić information content (AvgIpc) is 3.10. The third-order valence-corrected chi connectivity index (χ3v) is 5.54. The second-order valence-corrected chi connectivity index (χ2v) is 7.90. The fraction of sp³-hybridized carbons (Fsp3) is 0.250. The van der Waals surface area contributed by atoms with Crippen molar-refractivity contribution in [2.75, 3.05) is 18.9 Å². The number of amides is 1. The molecule has 0 aliphatic heterocycles. The molecule has 0 saturated heterocycles. The van der Waals surface area contributed by atoms with Crippen LogP contribution < -0.4 is 14.8 Å². The monoisotopic (exact) mass is 466 g/mol. The summed E-state index contributed by atoms with van der Waals surface area (Å²) < 4.78 is 13.0. The van der Waals surface area contributed by atoms with Gasteiger partial charge in [-0.2, -0.15) is 0 Å². The number of halogens is 2. The van der Waals surface area contributed by atoms with Crippen LogP contribution in [0.4, 0.5) is 0 Å². The molecule has 0 atom stereocenters. The molecular weight excluding hydrogens is 447 g/mol. The van der Waals surface area contributed by atoms with Gasteiger partial charge in [0.1, 0.15) is 24.7 Å². The van der Waals surface area contributed by atoms with Gasteiger partial charge >= 0.3 is 0 Å². The number of hydrogen-bond acceptors (Lipinski definition) is 6. The van der Waals surface area contributed by atoms with Crippen molar-refractivity contribution in [3.63, 3.8) is 0 Å². The Hall–Kier alpha value is -2.42. The Bertz CT molecular complexity index is 982. The summed E-state index contributed by atoms with van der Waals surface area (Å²) in [6.07, 6.45) is 0. The van der Waals surface area contributed by atoms with Gasteiger partial charge < -0.3 is 19.4 Å². The molecule has 0 saturated carbocycles. The minimum Gasteiger partial charge on any atom is -0.492 e. The lowest BCUT2D eigenvalue weighted by Gasteiger charge is -2.08. The van der Waals surface area contributed by atoms with Gasteiger partial charge in [-0.1, -0.05) is 47.1 Å². The number of nitrogens with one attached hydrogen (secondary N) is 1. The van der Waals surface area contributed by atoms with E-state index in [0.29, 0.717) is 45.7 Å². The quantitative estimate of drug-likeness (QED) is 0.359. The van der Waals surface area contributed by atoms with Gasteiger partial charge in [-0.3, -0.25) is 4.79 Å². The van der Waals surface area contributed by atoms with E-state index in [1.165, 1.54) is 11.8 Å². The Morgan fingerprint density at radius 3 is 2.63 bits per heavy atom. The van der Waals surface area contributed by atoms with Gasteiger partial charge in [-0.05, 0) is 36.4 Å². The van der Waals surface area contributed by atoms with Crippen molar-refractivity contribution in [2.24, 2.45) is 7.05 Å². The van der Waals surface area contributed by atoms with Crippen LogP contribution in [0.2, 0.25) is 10.0 Å². The lowest BCUT2D eigenvalue weighted by atomic mass is 10.3. The molecule has 10 heteroatoms. The molecule has 0 aliphatic rings. The molecule has 0 aliphatic carbocycles. The van der Waals surface area contributed by atoms with Gasteiger partial charge in [-0.25, -0.2) is 0 Å². The highest BCUT2D eigenvalue weighted by Gasteiger charge is 2.12. The first-order chi connectivity index (χ1) is 14.5. The van der Waals surface area contributed by atoms with E-state index in [9.17, 15) is 4.79 Å². The first kappa shape index (κ1) is 22.3. The summed E-state index contributed by atoms with van der Waals surface area (Å²) in [4.78, 5) is 12.0. The smallest absolute Gasteiger partial charge is 0.230 e. The van der Waals surface area contributed by atoms with Crippen LogP contribution in [0.5, 0.6) is 11.5 Å². The molecule has 0 unspecified atom stereocenters. The Labute approximate surface area is 188 Å². The van der Waals surface area contributed by atoms with Crippen molar-refractivity contribution < 1.29 is 14.3 Å². The van der Waals surface area contributed by atoms with Crippen LogP contribution in [-0.4, -0.2) is 39.6 Å². The SMILES string of the molecule is Cn1c(COc2ccccc2Cl)nnc1SCC(=O)NCCOc1ccc(Cl)cc1. The predicted octanol–water partition coefficient (Wildman–Crippen LogP) is 3.99. The Balaban J connectivity index is 1.38. The second-order valence-electron chi connectivity index (χ2n) is 6.12. The van der Waals surface area contributed by atoms with Crippen molar-refractivity contribution in [2.45, 2.75) is 11.8 Å². The summed E-state index contributed by atoms with van der Waals surface area (Å²) in [5, 5.41) is 12.8. The molecule has 30 heavy (non-hydrogen) atoms. The van der Waals surface area contributed by atoms with Gasteiger partial charge in [0.15, 0.2) is 11.0 Å². The average molecular weight is 467 g/mol. The molecule has 2 aromatic carbocycles. The number of nitrogens with zero attached hydrogens (tertiary/aromatic N) is 3. The Kier molecular flexibility index (Phi) is 8.24. The first-order valence-electron chi connectivity index (χ1n) is 9.06. The number of hydrogen-bond donors (Lipinski definition) is 1. The lowest BCUT2D eigenvalue weighted by Crippen LogP contribution is -2.29. The molecule has 1 heterocycles. The fourth-order valence-corrected chi connectivity index (χ4v) is 3.45. The highest BCUT2D eigenvalue weighted by molar-refractivity contribution is 7.99. The molecule has 3 aromatic rings. The van der Waals surface area contributed by atoms with E-state index in [2.05, 4.69) is 15.5 Å². The van der Waals surface area contributed by atoms with Crippen LogP contribution in [0.3, 0.4) is 0 Å². The van der Waals surface area contributed by atoms with Crippen molar-refractivity contribution >= 4 is 40.9 Å². The summed E-state index contributed by atoms with van der Waals surface area (Å²) in [6, 6.07) is 14.3. The number of ether oxygens (including phenoxy) is 2. The number of carbonyl (C=O) groups is 1. The molecule has 158 valence electrons. The van der Waals surface area contributed by atoms with Crippen LogP contribution in [0.15, 0.2) is 53.7 Å². The maximum atomic E-state index is 12.0. The number of rotatable bonds is 10. The first-order valence-corrected chi connectivity index (χ1v) is 10.8. The largest absolute Gasteiger partial charge is 0.492 e. The second kappa shape index (κ2) is 11.1. The van der Waals surface area contributed by atoms with E-state index in [0.717, 1.165) is 0 Å². The summed E-state index contributed by atoms with van der Waals surface area (Å²) in [6.45, 7) is 0.991. The lowest BCUT2D eigenvalue weighted by molar-refractivity contribution is -0.118. The van der Waals surface area contributed by atoms with Gasteiger partial charge in [0.05, 0.1) is 17.3 Å². The maximum Gasteiger partial charge on any atom is 0.230 e. The minimum absolute atomic E-state index is 0.114. The Morgan fingerprint density at radius 1 is 1.10 bits per heavy atom. The van der Waals surface area contributed by atoms with Crippen LogP contribution in [0.1, 0.15) is 5.82 Å². The predicted molar refractivity (Wildman–Crippen MR) is 117 cm³/mol. The van der Waals surface area contributed by atoms with Crippen molar-refractivity contribution in [1.29, 1.82) is 0 Å². The van der Waals surface area contributed by atoms with Gasteiger partial charge in [0.25, 0.3) is 0 Å². The summed E-state index contributed by atoms with van der Waals surface area (Å²) in [5.41, 5.74) is 0. The number of aromatic nitrogens is 3. The standard InChI is InChI=1S/C20H20Cl2N4O3S/c1-26-18(12-29-17-5-3-2-4-16(17)22)24-25-20(26)30-13-19(27)23-10-11-28-15-8-6-14(21)7-9-15/h2-9H,10-13H2,1H3,(H,23,27). The molecule has 1 aromatic heterocycles. The normalized spacial score (nSPS) is 10.6. The van der Waals surface area contributed by atoms with E-state index >= 15 is 0 Å². The zero-order chi connectivity index (χ0) is 21.3. The highest BCUT2D eigenvalue weighted by atomic mass is 35.5. The van der Waals surface area contributed by atoms with Crippen molar-refractivity contribution in [1.82, 2.24) is 20.1 Å². The summed E-state index contributed by atoms with van der Waals surface area (Å²) in [7, 11) is 1.82. The van der Waals surface area contributed by atoms with E-state index in [1.54, 1.807) is 41.0 Å². The van der Waals surface area contributed by atoms with Crippen LogP contribution in [0.25, 0.3) is 0 Å². The minimum atomic E-state index is -0.114. The van der Waals surface area contributed by atoms with E-state index in [1.807, 2.05) is 19.2 Å². The third-order valence-electron chi connectivity index (χ3n) is 3.96. The van der Waals surface area contributed by atoms with Crippen LogP contribution in [-0.2, 0) is 18.4 Å². The molecule has 0 bridgehead atoms. The molecule has 1 N–H and O–H groups in total. The van der Waals surface area contributed by atoms with Crippen molar-refractivity contribution in [3.8, 4) is 11.5 Å². The summed E-state index contributed by atoms with van der Waals surface area (Å²) >= 11 is 13.2. The van der Waals surface area contributed by atoms with E-state index in [4.69, 9.17) is 32.7 Å². The molecule has 0 radical (unpaired) electrons. The van der Waals surface area contributed by atoms with Gasteiger partial charge in [-0.15, -0.1) is 10.2 Å². The van der Waals surface area contributed by atoms with Gasteiger partial charge in [0.2, 0.25) is 5.91 Å². The zero-order valence-electron chi connectivity index (χ0n) is 16.2. The summed E-state index contributed by atoms with van der Waals surface area (Å²) in [5.74, 6) is 2.02. The molecule has 3 rings (SSSR count). The number of para-hydroxylation sites is 1.